The summed E-state index contributed by atoms with van der Waals surface area (Å²) in [7, 11) is 0. The first-order valence-corrected chi connectivity index (χ1v) is 4.47. The SMILES string of the molecule is NCCCOc1ccccc1C(N)=O. The van der Waals surface area contributed by atoms with Gasteiger partial charge in [0.2, 0.25) is 0 Å². The van der Waals surface area contributed by atoms with Crippen LogP contribution in [-0.4, -0.2) is 19.1 Å². The van der Waals surface area contributed by atoms with Crippen LogP contribution in [0.4, 0.5) is 0 Å². The molecule has 0 radical (unpaired) electrons. The lowest BCUT2D eigenvalue weighted by Crippen LogP contribution is -2.14. The Morgan fingerprint density at radius 2 is 2.07 bits per heavy atom. The minimum absolute atomic E-state index is 0.407. The van der Waals surface area contributed by atoms with Crippen molar-refractivity contribution in [2.75, 3.05) is 13.2 Å². The minimum Gasteiger partial charge on any atom is -0.493 e. The number of carbonyl (C=O) groups is 1. The number of primary amides is 1. The number of hydrogen-bond acceptors (Lipinski definition) is 3. The molecule has 0 atom stereocenters. The van der Waals surface area contributed by atoms with Gasteiger partial charge in [0.1, 0.15) is 5.75 Å². The van der Waals surface area contributed by atoms with E-state index in [4.69, 9.17) is 16.2 Å². The third-order valence-electron chi connectivity index (χ3n) is 1.76. The maximum absolute atomic E-state index is 11.0. The van der Waals surface area contributed by atoms with Crippen LogP contribution in [0.25, 0.3) is 0 Å². The standard InChI is InChI=1S/C10H14N2O2/c11-6-3-7-14-9-5-2-1-4-8(9)10(12)13/h1-2,4-5H,3,6-7,11H2,(H2,12,13). The van der Waals surface area contributed by atoms with Gasteiger partial charge in [-0.2, -0.15) is 0 Å². The number of amides is 1. The minimum atomic E-state index is -0.478. The molecule has 1 amide bonds. The maximum Gasteiger partial charge on any atom is 0.252 e. The largest absolute Gasteiger partial charge is 0.493 e. The van der Waals surface area contributed by atoms with Gasteiger partial charge >= 0.3 is 0 Å². The molecule has 1 aromatic carbocycles. The molecule has 4 nitrogen and oxygen atoms in total. The van der Waals surface area contributed by atoms with E-state index >= 15 is 0 Å². The van der Waals surface area contributed by atoms with E-state index in [2.05, 4.69) is 0 Å². The molecule has 0 aliphatic heterocycles. The Labute approximate surface area is 82.8 Å². The molecule has 0 unspecified atom stereocenters. The molecule has 0 aliphatic carbocycles. The Morgan fingerprint density at radius 3 is 2.71 bits per heavy atom. The fourth-order valence-corrected chi connectivity index (χ4v) is 1.06. The third-order valence-corrected chi connectivity index (χ3v) is 1.76. The van der Waals surface area contributed by atoms with Crippen LogP contribution in [0.3, 0.4) is 0 Å². The van der Waals surface area contributed by atoms with Crippen LogP contribution in [0.2, 0.25) is 0 Å². The molecule has 4 heteroatoms. The van der Waals surface area contributed by atoms with Crippen molar-refractivity contribution in [1.29, 1.82) is 0 Å². The van der Waals surface area contributed by atoms with Crippen molar-refractivity contribution in [2.45, 2.75) is 6.42 Å². The summed E-state index contributed by atoms with van der Waals surface area (Å²) in [5, 5.41) is 0. The molecule has 1 rings (SSSR count). The van der Waals surface area contributed by atoms with Gasteiger partial charge < -0.3 is 16.2 Å². The molecular formula is C10H14N2O2. The van der Waals surface area contributed by atoms with Crippen molar-refractivity contribution in [1.82, 2.24) is 0 Å². The van der Waals surface area contributed by atoms with Gasteiger partial charge in [-0.25, -0.2) is 0 Å². The molecule has 0 spiro atoms. The van der Waals surface area contributed by atoms with Crippen molar-refractivity contribution >= 4 is 5.91 Å². The average molecular weight is 194 g/mol. The summed E-state index contributed by atoms with van der Waals surface area (Å²) < 4.78 is 5.36. The predicted molar refractivity (Wildman–Crippen MR) is 54.1 cm³/mol. The maximum atomic E-state index is 11.0. The average Bonchev–Trinajstić information content (AvgIpc) is 2.19. The molecule has 76 valence electrons. The van der Waals surface area contributed by atoms with Crippen LogP contribution in [0.1, 0.15) is 16.8 Å². The summed E-state index contributed by atoms with van der Waals surface area (Å²) in [6, 6.07) is 6.90. The number of rotatable bonds is 5. The topological polar surface area (TPSA) is 78.3 Å². The van der Waals surface area contributed by atoms with E-state index in [1.807, 2.05) is 0 Å². The molecule has 0 saturated carbocycles. The van der Waals surface area contributed by atoms with Gasteiger partial charge in [0.05, 0.1) is 12.2 Å². The number of carbonyl (C=O) groups excluding carboxylic acids is 1. The molecule has 0 fully saturated rings. The Bertz CT molecular complexity index is 313. The summed E-state index contributed by atoms with van der Waals surface area (Å²) in [6.45, 7) is 1.07. The first-order chi connectivity index (χ1) is 6.75. The second-order valence-corrected chi connectivity index (χ2v) is 2.85. The van der Waals surface area contributed by atoms with Crippen LogP contribution in [0.5, 0.6) is 5.75 Å². The van der Waals surface area contributed by atoms with Gasteiger partial charge in [-0.1, -0.05) is 12.1 Å². The number of nitrogens with two attached hydrogens (primary N) is 2. The van der Waals surface area contributed by atoms with Gasteiger partial charge in [-0.05, 0) is 25.1 Å². The van der Waals surface area contributed by atoms with Crippen molar-refractivity contribution in [3.8, 4) is 5.75 Å². The van der Waals surface area contributed by atoms with Crippen LogP contribution < -0.4 is 16.2 Å². The van der Waals surface area contributed by atoms with Crippen LogP contribution in [0, 0.1) is 0 Å². The fraction of sp³-hybridized carbons (Fsp3) is 0.300. The molecule has 0 aliphatic rings. The highest BCUT2D eigenvalue weighted by molar-refractivity contribution is 5.95. The number of benzene rings is 1. The predicted octanol–water partition coefficient (Wildman–Crippen LogP) is 0.513. The van der Waals surface area contributed by atoms with Crippen LogP contribution in [-0.2, 0) is 0 Å². The second-order valence-electron chi connectivity index (χ2n) is 2.85. The summed E-state index contributed by atoms with van der Waals surface area (Å²) >= 11 is 0. The van der Waals surface area contributed by atoms with Gasteiger partial charge in [-0.15, -0.1) is 0 Å². The quantitative estimate of drug-likeness (QED) is 0.670. The zero-order valence-corrected chi connectivity index (χ0v) is 7.90. The van der Waals surface area contributed by atoms with Gasteiger partial charge in [-0.3, -0.25) is 4.79 Å². The van der Waals surface area contributed by atoms with Crippen molar-refractivity contribution in [3.63, 3.8) is 0 Å². The normalized spacial score (nSPS) is 9.79. The Morgan fingerprint density at radius 1 is 1.36 bits per heavy atom. The molecule has 0 heterocycles. The highest BCUT2D eigenvalue weighted by Crippen LogP contribution is 2.16. The Balaban J connectivity index is 2.69. The Hall–Kier alpha value is -1.55. The van der Waals surface area contributed by atoms with E-state index in [9.17, 15) is 4.79 Å². The molecule has 14 heavy (non-hydrogen) atoms. The zero-order chi connectivity index (χ0) is 10.4. The fourth-order valence-electron chi connectivity index (χ4n) is 1.06. The van der Waals surface area contributed by atoms with E-state index in [1.54, 1.807) is 24.3 Å². The Kier molecular flexibility index (Phi) is 3.94. The molecule has 0 bridgehead atoms. The zero-order valence-electron chi connectivity index (χ0n) is 7.90. The van der Waals surface area contributed by atoms with E-state index in [-0.39, 0.29) is 0 Å². The smallest absolute Gasteiger partial charge is 0.252 e. The summed E-state index contributed by atoms with van der Waals surface area (Å²) in [5.74, 6) is 0.0433. The van der Waals surface area contributed by atoms with Crippen molar-refractivity contribution in [3.05, 3.63) is 29.8 Å². The number of hydrogen-bond donors (Lipinski definition) is 2. The van der Waals surface area contributed by atoms with E-state index in [1.165, 1.54) is 0 Å². The lowest BCUT2D eigenvalue weighted by atomic mass is 10.2. The number of para-hydroxylation sites is 1. The second kappa shape index (κ2) is 5.24. The molecular weight excluding hydrogens is 180 g/mol. The van der Waals surface area contributed by atoms with Crippen molar-refractivity contribution < 1.29 is 9.53 Å². The third kappa shape index (κ3) is 2.74. The molecule has 1 aromatic rings. The summed E-state index contributed by atoms with van der Waals surface area (Å²) in [4.78, 5) is 11.0. The molecule has 0 aromatic heterocycles. The van der Waals surface area contributed by atoms with Crippen LogP contribution >= 0.6 is 0 Å². The highest BCUT2D eigenvalue weighted by atomic mass is 16.5. The highest BCUT2D eigenvalue weighted by Gasteiger charge is 2.07. The summed E-state index contributed by atoms with van der Waals surface area (Å²) in [5.41, 5.74) is 10.9. The van der Waals surface area contributed by atoms with Gasteiger partial charge in [0.15, 0.2) is 0 Å². The lowest BCUT2D eigenvalue weighted by Gasteiger charge is -2.08. The first kappa shape index (κ1) is 10.5. The lowest BCUT2D eigenvalue weighted by molar-refractivity contribution is 0.0996. The van der Waals surface area contributed by atoms with Gasteiger partial charge in [0, 0.05) is 0 Å². The summed E-state index contributed by atoms with van der Waals surface area (Å²) in [6.07, 6.45) is 0.757. The first-order valence-electron chi connectivity index (χ1n) is 4.47. The number of ether oxygens (including phenoxy) is 1. The van der Waals surface area contributed by atoms with Crippen LogP contribution in [0.15, 0.2) is 24.3 Å². The van der Waals surface area contributed by atoms with E-state index in [0.717, 1.165) is 6.42 Å². The van der Waals surface area contributed by atoms with E-state index in [0.29, 0.717) is 24.5 Å². The van der Waals surface area contributed by atoms with Gasteiger partial charge in [0.25, 0.3) is 5.91 Å². The van der Waals surface area contributed by atoms with E-state index < -0.39 is 5.91 Å². The molecule has 4 N–H and O–H groups in total. The monoisotopic (exact) mass is 194 g/mol. The van der Waals surface area contributed by atoms with Crippen molar-refractivity contribution in [2.24, 2.45) is 11.5 Å². The molecule has 0 saturated heterocycles.